The van der Waals surface area contributed by atoms with Gasteiger partial charge in [0, 0.05) is 6.08 Å². The predicted molar refractivity (Wildman–Crippen MR) is 87.5 cm³/mol. The number of hydrogen-bond acceptors (Lipinski definition) is 5. The molecule has 0 atom stereocenters. The van der Waals surface area contributed by atoms with Crippen molar-refractivity contribution in [2.24, 2.45) is 0 Å². The number of ether oxygens (including phenoxy) is 4. The molecule has 1 fully saturated rings. The summed E-state index contributed by atoms with van der Waals surface area (Å²) in [6.07, 6.45) is 2.41. The minimum absolute atomic E-state index is 0.0488. The molecule has 0 aliphatic carbocycles. The minimum atomic E-state index is -1.09. The SMILES string of the molecule is CCOC(=O)C=Cc1c(F)c(Cl)cc(C2(C)OCCO2)c1OCC. The van der Waals surface area contributed by atoms with Crippen LogP contribution in [-0.2, 0) is 24.8 Å². The van der Waals surface area contributed by atoms with Crippen LogP contribution in [0.5, 0.6) is 5.75 Å². The van der Waals surface area contributed by atoms with Gasteiger partial charge in [-0.05, 0) is 32.9 Å². The number of rotatable bonds is 6. The first-order valence-electron chi connectivity index (χ1n) is 7.71. The second-order valence-corrected chi connectivity index (χ2v) is 5.53. The van der Waals surface area contributed by atoms with Gasteiger partial charge >= 0.3 is 5.97 Å². The van der Waals surface area contributed by atoms with E-state index >= 15 is 0 Å². The lowest BCUT2D eigenvalue weighted by atomic mass is 10.0. The molecule has 1 aromatic rings. The summed E-state index contributed by atoms with van der Waals surface area (Å²) in [6.45, 7) is 6.51. The molecule has 1 aromatic carbocycles. The van der Waals surface area contributed by atoms with Crippen molar-refractivity contribution in [2.75, 3.05) is 26.4 Å². The van der Waals surface area contributed by atoms with E-state index in [1.54, 1.807) is 20.8 Å². The third kappa shape index (κ3) is 3.88. The molecule has 2 rings (SSSR count). The van der Waals surface area contributed by atoms with Crippen LogP contribution in [0.2, 0.25) is 5.02 Å². The van der Waals surface area contributed by atoms with Crippen LogP contribution in [0.3, 0.4) is 0 Å². The van der Waals surface area contributed by atoms with Gasteiger partial charge in [0.15, 0.2) is 11.6 Å². The lowest BCUT2D eigenvalue weighted by Gasteiger charge is -2.26. The fraction of sp³-hybridized carbons (Fsp3) is 0.471. The second-order valence-electron chi connectivity index (χ2n) is 5.12. The average molecular weight is 359 g/mol. The number of halogens is 2. The summed E-state index contributed by atoms with van der Waals surface area (Å²) in [5.74, 6) is -2.13. The van der Waals surface area contributed by atoms with Gasteiger partial charge in [-0.15, -0.1) is 0 Å². The molecule has 1 saturated heterocycles. The van der Waals surface area contributed by atoms with Crippen LogP contribution in [0, 0.1) is 5.82 Å². The Morgan fingerprint density at radius 2 is 2.04 bits per heavy atom. The monoisotopic (exact) mass is 358 g/mol. The maximum atomic E-state index is 14.5. The highest BCUT2D eigenvalue weighted by atomic mass is 35.5. The molecular formula is C17H20ClFO5. The van der Waals surface area contributed by atoms with E-state index in [1.165, 1.54) is 12.1 Å². The third-order valence-electron chi connectivity index (χ3n) is 3.50. The van der Waals surface area contributed by atoms with E-state index < -0.39 is 17.6 Å². The normalized spacial score (nSPS) is 16.5. The number of carbonyl (C=O) groups is 1. The molecule has 1 aliphatic rings. The molecule has 0 N–H and O–H groups in total. The number of esters is 1. The van der Waals surface area contributed by atoms with E-state index in [-0.39, 0.29) is 22.9 Å². The fourth-order valence-corrected chi connectivity index (χ4v) is 2.64. The van der Waals surface area contributed by atoms with Gasteiger partial charge in [0.2, 0.25) is 0 Å². The van der Waals surface area contributed by atoms with Crippen LogP contribution in [0.25, 0.3) is 6.08 Å². The molecule has 7 heteroatoms. The molecule has 1 heterocycles. The standard InChI is InChI=1S/C17H20ClFO5/c1-4-21-14(20)7-6-11-15(19)13(18)10-12(16(11)22-5-2)17(3)23-8-9-24-17/h6-7,10H,4-5,8-9H2,1-3H3. The zero-order chi connectivity index (χ0) is 17.7. The third-order valence-corrected chi connectivity index (χ3v) is 3.77. The van der Waals surface area contributed by atoms with Crippen molar-refractivity contribution in [3.63, 3.8) is 0 Å². The lowest BCUT2D eigenvalue weighted by molar-refractivity contribution is -0.150. The van der Waals surface area contributed by atoms with Crippen molar-refractivity contribution in [1.29, 1.82) is 0 Å². The van der Waals surface area contributed by atoms with E-state index in [2.05, 4.69) is 0 Å². The Morgan fingerprint density at radius 1 is 1.38 bits per heavy atom. The van der Waals surface area contributed by atoms with Gasteiger partial charge in [-0.3, -0.25) is 0 Å². The van der Waals surface area contributed by atoms with Crippen LogP contribution >= 0.6 is 11.6 Å². The Hall–Kier alpha value is -1.63. The van der Waals surface area contributed by atoms with Gasteiger partial charge in [-0.2, -0.15) is 0 Å². The Kier molecular flexibility index (Phi) is 6.21. The average Bonchev–Trinajstić information content (AvgIpc) is 2.98. The molecule has 24 heavy (non-hydrogen) atoms. The smallest absolute Gasteiger partial charge is 0.330 e. The van der Waals surface area contributed by atoms with Gasteiger partial charge in [0.25, 0.3) is 0 Å². The highest BCUT2D eigenvalue weighted by Gasteiger charge is 2.38. The molecular weight excluding hydrogens is 339 g/mol. The van der Waals surface area contributed by atoms with Gasteiger partial charge in [-0.1, -0.05) is 11.6 Å². The van der Waals surface area contributed by atoms with Crippen LogP contribution < -0.4 is 4.74 Å². The highest BCUT2D eigenvalue weighted by Crippen LogP contribution is 2.42. The van der Waals surface area contributed by atoms with Crippen LogP contribution in [0.15, 0.2) is 12.1 Å². The number of carbonyl (C=O) groups excluding carboxylic acids is 1. The second kappa shape index (κ2) is 7.96. The van der Waals surface area contributed by atoms with Crippen molar-refractivity contribution >= 4 is 23.6 Å². The summed E-state index contributed by atoms with van der Waals surface area (Å²) < 4.78 is 36.2. The maximum Gasteiger partial charge on any atom is 0.330 e. The van der Waals surface area contributed by atoms with E-state index in [0.29, 0.717) is 25.4 Å². The zero-order valence-electron chi connectivity index (χ0n) is 13.9. The minimum Gasteiger partial charge on any atom is -0.493 e. The molecule has 0 aromatic heterocycles. The van der Waals surface area contributed by atoms with Crippen LogP contribution in [0.1, 0.15) is 31.9 Å². The molecule has 0 amide bonds. The summed E-state index contributed by atoms with van der Waals surface area (Å²) in [5.41, 5.74) is 0.518. The van der Waals surface area contributed by atoms with E-state index in [9.17, 15) is 9.18 Å². The Morgan fingerprint density at radius 3 is 2.62 bits per heavy atom. The molecule has 0 bridgehead atoms. The van der Waals surface area contributed by atoms with Gasteiger partial charge in [0.05, 0.1) is 42.6 Å². The first-order chi connectivity index (χ1) is 11.4. The van der Waals surface area contributed by atoms with Crippen LogP contribution in [-0.4, -0.2) is 32.4 Å². The molecule has 5 nitrogen and oxygen atoms in total. The van der Waals surface area contributed by atoms with Crippen molar-refractivity contribution in [2.45, 2.75) is 26.6 Å². The summed E-state index contributed by atoms with van der Waals surface area (Å²) in [5, 5.41) is -0.114. The highest BCUT2D eigenvalue weighted by molar-refractivity contribution is 6.31. The molecule has 0 spiro atoms. The number of hydrogen-bond donors (Lipinski definition) is 0. The summed E-state index contributed by atoms with van der Waals surface area (Å²) in [6, 6.07) is 1.43. The summed E-state index contributed by atoms with van der Waals surface area (Å²) >= 11 is 6.02. The lowest BCUT2D eigenvalue weighted by Crippen LogP contribution is -2.24. The van der Waals surface area contributed by atoms with E-state index in [0.717, 1.165) is 6.08 Å². The van der Waals surface area contributed by atoms with Gasteiger partial charge in [0.1, 0.15) is 5.75 Å². The van der Waals surface area contributed by atoms with Crippen molar-refractivity contribution in [1.82, 2.24) is 0 Å². The Bertz CT molecular complexity index is 638. The predicted octanol–water partition coefficient (Wildman–Crippen LogP) is 3.67. The molecule has 1 aliphatic heterocycles. The first kappa shape index (κ1) is 18.7. The molecule has 0 unspecified atom stereocenters. The zero-order valence-corrected chi connectivity index (χ0v) is 14.6. The van der Waals surface area contributed by atoms with Crippen molar-refractivity contribution in [3.8, 4) is 5.75 Å². The van der Waals surface area contributed by atoms with Crippen LogP contribution in [0.4, 0.5) is 4.39 Å². The van der Waals surface area contributed by atoms with Crippen molar-refractivity contribution < 1.29 is 28.1 Å². The van der Waals surface area contributed by atoms with E-state index in [4.69, 9.17) is 30.5 Å². The Balaban J connectivity index is 2.55. The first-order valence-corrected chi connectivity index (χ1v) is 8.08. The summed E-state index contributed by atoms with van der Waals surface area (Å²) in [7, 11) is 0. The molecule has 132 valence electrons. The van der Waals surface area contributed by atoms with Crippen molar-refractivity contribution in [3.05, 3.63) is 34.1 Å². The molecule has 0 radical (unpaired) electrons. The Labute approximate surface area is 145 Å². The largest absolute Gasteiger partial charge is 0.493 e. The summed E-state index contributed by atoms with van der Waals surface area (Å²) in [4.78, 5) is 11.5. The number of benzene rings is 1. The van der Waals surface area contributed by atoms with Gasteiger partial charge in [-0.25, -0.2) is 9.18 Å². The van der Waals surface area contributed by atoms with Gasteiger partial charge < -0.3 is 18.9 Å². The fourth-order valence-electron chi connectivity index (χ4n) is 2.43. The van der Waals surface area contributed by atoms with E-state index in [1.807, 2.05) is 0 Å². The maximum absolute atomic E-state index is 14.5. The molecule has 0 saturated carbocycles. The quantitative estimate of drug-likeness (QED) is 0.573. The topological polar surface area (TPSA) is 54.0 Å².